The van der Waals surface area contributed by atoms with Crippen LogP contribution in [0.5, 0.6) is 0 Å². The normalized spacial score (nSPS) is 14.9. The van der Waals surface area contributed by atoms with Gasteiger partial charge in [-0.3, -0.25) is 0 Å². The van der Waals surface area contributed by atoms with Gasteiger partial charge in [0, 0.05) is 43.4 Å². The molecule has 1 N–H and O–H groups in total. The largest absolute Gasteiger partial charge is 0.385 e. The Morgan fingerprint density at radius 2 is 2.10 bits per heavy atom. The molecule has 3 heteroatoms. The van der Waals surface area contributed by atoms with Crippen molar-refractivity contribution in [1.82, 2.24) is 9.88 Å². The Morgan fingerprint density at radius 1 is 1.24 bits per heavy atom. The van der Waals surface area contributed by atoms with Crippen LogP contribution in [0.2, 0.25) is 0 Å². The van der Waals surface area contributed by atoms with Crippen molar-refractivity contribution in [1.29, 1.82) is 0 Å². The first-order valence-electron chi connectivity index (χ1n) is 8.17. The van der Waals surface area contributed by atoms with Crippen LogP contribution in [-0.4, -0.2) is 30.9 Å². The molecule has 1 aromatic heterocycles. The van der Waals surface area contributed by atoms with Gasteiger partial charge in [0.15, 0.2) is 0 Å². The van der Waals surface area contributed by atoms with Gasteiger partial charge in [-0.1, -0.05) is 18.2 Å². The number of hydrogen-bond acceptors (Lipinski definition) is 2. The molecule has 1 aliphatic carbocycles. The average molecular weight is 286 g/mol. The molecular formula is C18H26N2O. The van der Waals surface area contributed by atoms with Gasteiger partial charge in [-0.15, -0.1) is 0 Å². The third-order valence-corrected chi connectivity index (χ3v) is 4.25. The van der Waals surface area contributed by atoms with E-state index in [1.807, 2.05) is 0 Å². The van der Waals surface area contributed by atoms with Gasteiger partial charge in [0.2, 0.25) is 0 Å². The molecule has 0 radical (unpaired) electrons. The number of methoxy groups -OCH3 is 1. The lowest BCUT2D eigenvalue weighted by Crippen LogP contribution is -2.17. The second-order valence-electron chi connectivity index (χ2n) is 6.04. The Balaban J connectivity index is 1.65. The summed E-state index contributed by atoms with van der Waals surface area (Å²) in [7, 11) is 1.77. The molecule has 0 aliphatic heterocycles. The average Bonchev–Trinajstić information content (AvgIpc) is 3.27. The van der Waals surface area contributed by atoms with Gasteiger partial charge < -0.3 is 14.6 Å². The minimum Gasteiger partial charge on any atom is -0.385 e. The lowest BCUT2D eigenvalue weighted by Gasteiger charge is -2.04. The zero-order valence-electron chi connectivity index (χ0n) is 13.0. The zero-order chi connectivity index (χ0) is 14.5. The summed E-state index contributed by atoms with van der Waals surface area (Å²) < 4.78 is 7.56. The van der Waals surface area contributed by atoms with E-state index in [-0.39, 0.29) is 0 Å². The molecule has 21 heavy (non-hydrogen) atoms. The SMILES string of the molecule is COCCCn1cc(CCCNC2CC2)c2ccccc21. The van der Waals surface area contributed by atoms with Crippen molar-refractivity contribution in [3.8, 4) is 0 Å². The Morgan fingerprint density at radius 3 is 2.90 bits per heavy atom. The summed E-state index contributed by atoms with van der Waals surface area (Å²) in [5.41, 5.74) is 2.85. The molecule has 0 saturated heterocycles. The van der Waals surface area contributed by atoms with Crippen LogP contribution in [0.15, 0.2) is 30.5 Å². The first-order chi connectivity index (χ1) is 10.4. The Labute approximate surface area is 127 Å². The fourth-order valence-electron chi connectivity index (χ4n) is 2.96. The number of nitrogens with one attached hydrogen (secondary N) is 1. The second-order valence-corrected chi connectivity index (χ2v) is 6.04. The number of ether oxygens (including phenoxy) is 1. The highest BCUT2D eigenvalue weighted by molar-refractivity contribution is 5.83. The highest BCUT2D eigenvalue weighted by Gasteiger charge is 2.19. The van der Waals surface area contributed by atoms with E-state index in [1.165, 1.54) is 35.7 Å². The molecule has 1 heterocycles. The number of rotatable bonds is 9. The van der Waals surface area contributed by atoms with Gasteiger partial charge in [-0.2, -0.15) is 0 Å². The van der Waals surface area contributed by atoms with E-state index in [9.17, 15) is 0 Å². The highest BCUT2D eigenvalue weighted by atomic mass is 16.5. The van der Waals surface area contributed by atoms with Gasteiger partial charge in [-0.25, -0.2) is 0 Å². The van der Waals surface area contributed by atoms with Gasteiger partial charge in [-0.05, 0) is 50.3 Å². The van der Waals surface area contributed by atoms with E-state index in [4.69, 9.17) is 4.74 Å². The number of nitrogens with zero attached hydrogens (tertiary/aromatic N) is 1. The van der Waals surface area contributed by atoms with Crippen LogP contribution in [0.1, 0.15) is 31.2 Å². The summed E-state index contributed by atoms with van der Waals surface area (Å²) >= 11 is 0. The smallest absolute Gasteiger partial charge is 0.0483 e. The van der Waals surface area contributed by atoms with E-state index in [0.717, 1.165) is 38.6 Å². The second kappa shape index (κ2) is 7.10. The number of fused-ring (bicyclic) bond motifs is 1. The standard InChI is InChI=1S/C18H26N2O/c1-21-13-5-12-20-14-15(6-4-11-19-16-9-10-16)17-7-2-3-8-18(17)20/h2-3,7-8,14,16,19H,4-6,9-13H2,1H3. The predicted octanol–water partition coefficient (Wildman–Crippen LogP) is 3.36. The number of para-hydroxylation sites is 1. The molecule has 3 rings (SSSR count). The number of hydrogen-bond donors (Lipinski definition) is 1. The topological polar surface area (TPSA) is 26.2 Å². The van der Waals surface area contributed by atoms with Gasteiger partial charge >= 0.3 is 0 Å². The molecule has 1 aliphatic rings. The molecule has 0 spiro atoms. The molecule has 114 valence electrons. The van der Waals surface area contributed by atoms with Crippen LogP contribution in [0, 0.1) is 0 Å². The maximum Gasteiger partial charge on any atom is 0.0483 e. The molecule has 1 fully saturated rings. The molecule has 3 nitrogen and oxygen atoms in total. The van der Waals surface area contributed by atoms with Crippen molar-refractivity contribution in [2.24, 2.45) is 0 Å². The summed E-state index contributed by atoms with van der Waals surface area (Å²) in [6.07, 6.45) is 8.55. The lowest BCUT2D eigenvalue weighted by molar-refractivity contribution is 0.190. The van der Waals surface area contributed by atoms with E-state index < -0.39 is 0 Å². The Hall–Kier alpha value is -1.32. The van der Waals surface area contributed by atoms with Gasteiger partial charge in [0.25, 0.3) is 0 Å². The van der Waals surface area contributed by atoms with Gasteiger partial charge in [0.1, 0.15) is 0 Å². The van der Waals surface area contributed by atoms with Crippen LogP contribution in [-0.2, 0) is 17.7 Å². The monoisotopic (exact) mass is 286 g/mol. The summed E-state index contributed by atoms with van der Waals surface area (Å²) in [6.45, 7) is 3.01. The van der Waals surface area contributed by atoms with Crippen molar-refractivity contribution in [3.63, 3.8) is 0 Å². The van der Waals surface area contributed by atoms with E-state index in [1.54, 1.807) is 7.11 Å². The zero-order valence-corrected chi connectivity index (χ0v) is 13.0. The third kappa shape index (κ3) is 3.86. The van der Waals surface area contributed by atoms with Crippen LogP contribution in [0.3, 0.4) is 0 Å². The lowest BCUT2D eigenvalue weighted by atomic mass is 10.1. The summed E-state index contributed by atoms with van der Waals surface area (Å²) in [6, 6.07) is 9.58. The van der Waals surface area contributed by atoms with Crippen LogP contribution < -0.4 is 5.32 Å². The van der Waals surface area contributed by atoms with Crippen molar-refractivity contribution in [2.45, 2.75) is 44.7 Å². The Kier molecular flexibility index (Phi) is 4.94. The molecule has 1 aromatic carbocycles. The number of benzene rings is 1. The predicted molar refractivity (Wildman–Crippen MR) is 87.8 cm³/mol. The quantitative estimate of drug-likeness (QED) is 0.715. The third-order valence-electron chi connectivity index (χ3n) is 4.25. The van der Waals surface area contributed by atoms with Crippen LogP contribution >= 0.6 is 0 Å². The minimum absolute atomic E-state index is 0.820. The molecule has 0 atom stereocenters. The summed E-state index contributed by atoms with van der Waals surface area (Å²) in [5, 5.41) is 5.02. The minimum atomic E-state index is 0.820. The molecule has 1 saturated carbocycles. The van der Waals surface area contributed by atoms with Crippen molar-refractivity contribution in [3.05, 3.63) is 36.0 Å². The van der Waals surface area contributed by atoms with Crippen molar-refractivity contribution < 1.29 is 4.74 Å². The fourth-order valence-corrected chi connectivity index (χ4v) is 2.96. The van der Waals surface area contributed by atoms with Crippen LogP contribution in [0.4, 0.5) is 0 Å². The van der Waals surface area contributed by atoms with Crippen LogP contribution in [0.25, 0.3) is 10.9 Å². The van der Waals surface area contributed by atoms with E-state index in [0.29, 0.717) is 0 Å². The first-order valence-corrected chi connectivity index (χ1v) is 8.17. The van der Waals surface area contributed by atoms with Crippen molar-refractivity contribution in [2.75, 3.05) is 20.3 Å². The first kappa shape index (κ1) is 14.6. The highest BCUT2D eigenvalue weighted by Crippen LogP contribution is 2.23. The molecular weight excluding hydrogens is 260 g/mol. The molecule has 0 bridgehead atoms. The number of aromatic nitrogens is 1. The summed E-state index contributed by atoms with van der Waals surface area (Å²) in [4.78, 5) is 0. The maximum absolute atomic E-state index is 5.17. The van der Waals surface area contributed by atoms with E-state index in [2.05, 4.69) is 40.3 Å². The van der Waals surface area contributed by atoms with E-state index >= 15 is 0 Å². The molecule has 0 unspecified atom stereocenters. The molecule has 2 aromatic rings. The fraction of sp³-hybridized carbons (Fsp3) is 0.556. The number of aryl methyl sites for hydroxylation is 2. The molecule has 0 amide bonds. The van der Waals surface area contributed by atoms with Gasteiger partial charge in [0.05, 0.1) is 0 Å². The summed E-state index contributed by atoms with van der Waals surface area (Å²) in [5.74, 6) is 0. The van der Waals surface area contributed by atoms with Crippen molar-refractivity contribution >= 4 is 10.9 Å². The Bertz CT molecular complexity index is 572. The maximum atomic E-state index is 5.17.